The molecular weight excluding hydrogens is 1160 g/mol. The lowest BCUT2D eigenvalue weighted by molar-refractivity contribution is -0.139. The predicted octanol–water partition coefficient (Wildman–Crippen LogP) is 9.92. The van der Waals surface area contributed by atoms with Gasteiger partial charge in [-0.25, -0.2) is 31.1 Å². The van der Waals surface area contributed by atoms with E-state index in [0.29, 0.717) is 85.2 Å². The van der Waals surface area contributed by atoms with Crippen molar-refractivity contribution in [2.24, 2.45) is 23.7 Å². The van der Waals surface area contributed by atoms with Crippen LogP contribution in [0.1, 0.15) is 101 Å². The van der Waals surface area contributed by atoms with Crippen molar-refractivity contribution in [2.75, 3.05) is 62.4 Å². The fraction of sp³-hybridized carbons (Fsp3) is 0.508. The summed E-state index contributed by atoms with van der Waals surface area (Å²) in [5, 5.41) is 1.31. The molecule has 17 nitrogen and oxygen atoms in total. The van der Waals surface area contributed by atoms with Gasteiger partial charge < -0.3 is 38.2 Å². The van der Waals surface area contributed by atoms with Crippen LogP contribution in [0, 0.1) is 23.7 Å². The number of anilines is 2. The molecule has 8 atom stereocenters. The number of aryl methyl sites for hydroxylation is 2. The van der Waals surface area contributed by atoms with E-state index in [4.69, 9.17) is 51.6 Å². The predicted molar refractivity (Wildman–Crippen MR) is 317 cm³/mol. The SMILES string of the molecule is CC1(C)OC/C=C/[C@H](OC(=O)O[C@H]2/C=C/COC(C)(C)C(=O)NS(=O)(=O)c3ccc4c(c3)N(C[C@@H]3CC[C@H]32)C[C@@]2(CCCc3cc(Cl)ccc32)CO4)[C@@H]2CC[C@H]2CN2C[C@@]3(CCCc4cc(Cl)ccc43)COc3ccc(cc32)S(=O)(=O)NC1=O. The van der Waals surface area contributed by atoms with Crippen molar-refractivity contribution in [1.82, 2.24) is 9.44 Å². The van der Waals surface area contributed by atoms with Gasteiger partial charge in [0.1, 0.15) is 34.9 Å². The zero-order valence-corrected chi connectivity index (χ0v) is 50.8. The van der Waals surface area contributed by atoms with Crippen LogP contribution in [0.4, 0.5) is 16.2 Å². The molecule has 12 rings (SSSR count). The third-order valence-corrected chi connectivity index (χ3v) is 22.2. The van der Waals surface area contributed by atoms with Gasteiger partial charge in [-0.2, -0.15) is 0 Å². The topological polar surface area (TPSA) is 205 Å². The number of benzene rings is 4. The molecule has 0 radical (unpaired) electrons. The molecule has 0 unspecified atom stereocenters. The highest BCUT2D eigenvalue weighted by Crippen LogP contribution is 2.50. The van der Waals surface area contributed by atoms with E-state index in [1.807, 2.05) is 24.3 Å². The molecule has 2 fully saturated rings. The Bertz CT molecular complexity index is 3350. The number of carbonyl (C=O) groups is 3. The summed E-state index contributed by atoms with van der Waals surface area (Å²) < 4.78 is 99.0. The second-order valence-corrected chi connectivity index (χ2v) is 29.5. The van der Waals surface area contributed by atoms with Crippen LogP contribution in [0.3, 0.4) is 0 Å². The molecule has 4 aliphatic carbocycles. The maximum Gasteiger partial charge on any atom is 0.509 e. The molecule has 2 saturated carbocycles. The van der Waals surface area contributed by atoms with Crippen molar-refractivity contribution in [3.63, 3.8) is 0 Å². The number of sulfonamides is 2. The maximum absolute atomic E-state index is 14.8. The number of halogens is 2. The normalized spacial score (nSPS) is 31.1. The first-order valence-corrected chi connectivity index (χ1v) is 33.0. The maximum atomic E-state index is 14.8. The molecule has 84 heavy (non-hydrogen) atoms. The molecule has 2 N–H and O–H groups in total. The van der Waals surface area contributed by atoms with Crippen molar-refractivity contribution in [1.29, 1.82) is 0 Å². The summed E-state index contributed by atoms with van der Waals surface area (Å²) in [6, 6.07) is 21.4. The van der Waals surface area contributed by atoms with E-state index in [9.17, 15) is 31.2 Å². The summed E-state index contributed by atoms with van der Waals surface area (Å²) >= 11 is 13.1. The Balaban J connectivity index is 0.858. The molecule has 21 heteroatoms. The number of carbonyl (C=O) groups excluding carboxylic acids is 3. The minimum Gasteiger partial charge on any atom is -0.490 e. The van der Waals surface area contributed by atoms with Crippen LogP contribution in [-0.4, -0.2) is 111 Å². The van der Waals surface area contributed by atoms with Crippen LogP contribution in [0.25, 0.3) is 0 Å². The van der Waals surface area contributed by atoms with E-state index in [2.05, 4.69) is 31.4 Å². The first-order valence-electron chi connectivity index (χ1n) is 29.2. The van der Waals surface area contributed by atoms with Gasteiger partial charge in [0, 0.05) is 58.9 Å². The van der Waals surface area contributed by atoms with Gasteiger partial charge in [-0.15, -0.1) is 0 Å². The number of nitrogens with one attached hydrogen (secondary N) is 2. The van der Waals surface area contributed by atoms with E-state index in [1.54, 1.807) is 48.6 Å². The van der Waals surface area contributed by atoms with E-state index in [0.717, 1.165) is 73.6 Å². The summed E-state index contributed by atoms with van der Waals surface area (Å²) in [7, 11) is -8.73. The Morgan fingerprint density at radius 1 is 0.595 bits per heavy atom. The van der Waals surface area contributed by atoms with Crippen LogP contribution in [-0.2, 0) is 72.3 Å². The van der Waals surface area contributed by atoms with Crippen LogP contribution < -0.4 is 28.7 Å². The molecule has 448 valence electrons. The number of nitrogens with zero attached hydrogens (tertiary/aromatic N) is 2. The van der Waals surface area contributed by atoms with Crippen LogP contribution in [0.2, 0.25) is 10.0 Å². The molecule has 8 aliphatic rings. The highest BCUT2D eigenvalue weighted by atomic mass is 35.5. The Morgan fingerprint density at radius 2 is 1.02 bits per heavy atom. The van der Waals surface area contributed by atoms with Crippen LogP contribution >= 0.6 is 23.2 Å². The van der Waals surface area contributed by atoms with E-state index < -0.39 is 72.3 Å². The Morgan fingerprint density at radius 3 is 1.43 bits per heavy atom. The summed E-state index contributed by atoms with van der Waals surface area (Å²) in [5.74, 6) is -1.19. The van der Waals surface area contributed by atoms with E-state index in [-0.39, 0.29) is 46.7 Å². The lowest BCUT2D eigenvalue weighted by Crippen LogP contribution is -2.50. The van der Waals surface area contributed by atoms with Crippen molar-refractivity contribution in [3.05, 3.63) is 129 Å². The number of rotatable bonds is 2. The minimum absolute atomic E-state index is 0.0439. The number of hydrogen-bond donors (Lipinski definition) is 2. The first kappa shape index (κ1) is 58.5. The molecule has 4 aromatic carbocycles. The average molecular weight is 1230 g/mol. The third kappa shape index (κ3) is 11.4. The van der Waals surface area contributed by atoms with Crippen molar-refractivity contribution >= 4 is 72.6 Å². The summed E-state index contributed by atoms with van der Waals surface area (Å²) in [4.78, 5) is 46.5. The van der Waals surface area contributed by atoms with Gasteiger partial charge >= 0.3 is 6.16 Å². The van der Waals surface area contributed by atoms with Gasteiger partial charge in [0.2, 0.25) is 0 Å². The van der Waals surface area contributed by atoms with Gasteiger partial charge in [0.25, 0.3) is 31.9 Å². The molecule has 4 bridgehead atoms. The van der Waals surface area contributed by atoms with Gasteiger partial charge in [0.15, 0.2) is 0 Å². The standard InChI is InChI=1S/C63H72Cl2N4O13S2/c1-60(2)57(70)66-83(73,74)45-17-23-55-51(31-45)68(35-62(37-77-55)25-5-9-39-29-43(64)15-21-49(39)62)33-41-13-19-47(41)53(11-7-27-79-60)81-59(72)82-54-12-8-28-80-61(3,4)58(71)67-84(75,76)46-18-24-56-52(32-46)69(34-42-14-20-48(42)54)36-63(38-78-56)26-6-10-40-30-44(65)16-22-50(40)63/h7-8,11-12,15-18,21-24,29-32,41-42,47-48,53-54H,5-6,9-10,13-14,19-20,25-28,33-38H2,1-4H3,(H,66,70)(H,67,71)/b11-7+,12-8+/t41-,42-,47+,48+,53-,54-,62-,63-/m0/s1. The smallest absolute Gasteiger partial charge is 0.490 e. The van der Waals surface area contributed by atoms with Gasteiger partial charge in [0.05, 0.1) is 47.6 Å². The highest BCUT2D eigenvalue weighted by molar-refractivity contribution is 7.90. The molecule has 0 saturated heterocycles. The zero-order valence-electron chi connectivity index (χ0n) is 47.7. The van der Waals surface area contributed by atoms with Crippen molar-refractivity contribution < 1.29 is 59.6 Å². The van der Waals surface area contributed by atoms with Gasteiger partial charge in [-0.1, -0.05) is 47.5 Å². The number of ether oxygens (including phenoxy) is 6. The van der Waals surface area contributed by atoms with Gasteiger partial charge in [-0.05, 0) is 199 Å². The van der Waals surface area contributed by atoms with Crippen LogP contribution in [0.15, 0.2) is 107 Å². The molecular formula is C63H72Cl2N4O13S2. The van der Waals surface area contributed by atoms with E-state index in [1.165, 1.54) is 39.8 Å². The molecule has 4 aliphatic heterocycles. The molecule has 0 aromatic heterocycles. The number of amides is 2. The van der Waals surface area contributed by atoms with Crippen molar-refractivity contribution in [3.8, 4) is 11.5 Å². The summed E-state index contributed by atoms with van der Waals surface area (Å²) in [5.41, 5.74) is 1.61. The Labute approximate surface area is 501 Å². The molecule has 2 spiro atoms. The third-order valence-electron chi connectivity index (χ3n) is 19.1. The Kier molecular flexibility index (Phi) is 15.7. The quantitative estimate of drug-likeness (QED) is 0.142. The monoisotopic (exact) mass is 1230 g/mol. The van der Waals surface area contributed by atoms with Gasteiger partial charge in [-0.3, -0.25) is 9.59 Å². The molecule has 4 heterocycles. The zero-order chi connectivity index (χ0) is 59.0. The Hall–Kier alpha value is -5.83. The molecule has 4 aromatic rings. The minimum atomic E-state index is -4.36. The van der Waals surface area contributed by atoms with Crippen LogP contribution in [0.5, 0.6) is 11.5 Å². The number of fused-ring (bicyclic) bond motifs is 8. The average Bonchev–Trinajstić information content (AvgIpc) is 3.13. The lowest BCUT2D eigenvalue weighted by Gasteiger charge is -2.46. The highest BCUT2D eigenvalue weighted by Gasteiger charge is 2.49. The fourth-order valence-electron chi connectivity index (χ4n) is 14.0. The lowest BCUT2D eigenvalue weighted by atomic mass is 9.68. The summed E-state index contributed by atoms with van der Waals surface area (Å²) in [6.07, 6.45) is 12.6. The van der Waals surface area contributed by atoms with E-state index >= 15 is 0 Å². The first-order chi connectivity index (χ1) is 40.0. The number of hydrogen-bond acceptors (Lipinski definition) is 15. The summed E-state index contributed by atoms with van der Waals surface area (Å²) in [6.45, 7) is 8.38. The second-order valence-electron chi connectivity index (χ2n) is 25.3. The fourth-order valence-corrected chi connectivity index (χ4v) is 16.6. The molecule has 2 amide bonds. The largest absolute Gasteiger partial charge is 0.509 e. The van der Waals surface area contributed by atoms with Crippen molar-refractivity contribution in [2.45, 2.75) is 136 Å². The second kappa shape index (κ2) is 22.5.